The summed E-state index contributed by atoms with van der Waals surface area (Å²) in [6.45, 7) is -0.137. The maximum absolute atomic E-state index is 12.0. The maximum Gasteiger partial charge on any atom is 0.328 e. The molecule has 0 radical (unpaired) electrons. The highest BCUT2D eigenvalue weighted by Gasteiger charge is 2.36. The number of piperidine rings is 1. The number of likely N-dealkylation sites (tertiary alicyclic amines) is 1. The summed E-state index contributed by atoms with van der Waals surface area (Å²) in [7, 11) is 1.26. The Bertz CT molecular complexity index is 437. The van der Waals surface area contributed by atoms with Crippen LogP contribution >= 0.6 is 0 Å². The summed E-state index contributed by atoms with van der Waals surface area (Å²) in [6.07, 6.45) is 1.53. The summed E-state index contributed by atoms with van der Waals surface area (Å²) in [5, 5.41) is 20.0. The molecule has 0 spiro atoms. The second-order valence-electron chi connectivity index (χ2n) is 4.67. The molecule has 1 heterocycles. The Hall–Kier alpha value is -2.16. The highest BCUT2D eigenvalue weighted by atomic mass is 16.5. The van der Waals surface area contributed by atoms with Gasteiger partial charge in [0.05, 0.1) is 6.61 Å². The Morgan fingerprint density at radius 2 is 1.95 bits per heavy atom. The van der Waals surface area contributed by atoms with E-state index >= 15 is 0 Å². The first kappa shape index (κ1) is 16.9. The van der Waals surface area contributed by atoms with Crippen LogP contribution in [0, 0.1) is 0 Å². The van der Waals surface area contributed by atoms with Gasteiger partial charge < -0.3 is 25.2 Å². The first-order valence-corrected chi connectivity index (χ1v) is 6.44. The van der Waals surface area contributed by atoms with Gasteiger partial charge in [0.15, 0.2) is 6.04 Å². The van der Waals surface area contributed by atoms with E-state index in [9.17, 15) is 19.2 Å². The Morgan fingerprint density at radius 1 is 1.29 bits per heavy atom. The molecule has 1 aliphatic heterocycles. The number of hydrogen-bond acceptors (Lipinski definition) is 5. The van der Waals surface area contributed by atoms with Crippen molar-refractivity contribution in [3.63, 3.8) is 0 Å². The number of carboxylic acids is 2. The van der Waals surface area contributed by atoms with Crippen LogP contribution in [0.1, 0.15) is 19.3 Å². The van der Waals surface area contributed by atoms with E-state index in [0.717, 1.165) is 4.90 Å². The molecule has 1 saturated heterocycles. The molecule has 9 heteroatoms. The number of methoxy groups -OCH3 is 1. The van der Waals surface area contributed by atoms with Crippen molar-refractivity contribution >= 4 is 23.8 Å². The van der Waals surface area contributed by atoms with Gasteiger partial charge in [0, 0.05) is 13.7 Å². The number of carbonyl (C=O) groups is 4. The molecule has 1 aliphatic rings. The van der Waals surface area contributed by atoms with Crippen LogP contribution in [-0.4, -0.2) is 71.2 Å². The number of carboxylic acid groups (broad SMARTS) is 2. The molecular formula is C12H18N2O7. The van der Waals surface area contributed by atoms with Gasteiger partial charge in [0.25, 0.3) is 0 Å². The number of aliphatic carboxylic acids is 2. The van der Waals surface area contributed by atoms with Gasteiger partial charge in [-0.15, -0.1) is 0 Å². The summed E-state index contributed by atoms with van der Waals surface area (Å²) < 4.78 is 4.64. The molecule has 118 valence electrons. The average Bonchev–Trinajstić information content (AvgIpc) is 2.45. The van der Waals surface area contributed by atoms with Gasteiger partial charge in [0.1, 0.15) is 6.04 Å². The molecular weight excluding hydrogens is 284 g/mol. The average molecular weight is 302 g/mol. The van der Waals surface area contributed by atoms with Gasteiger partial charge in [-0.05, 0) is 19.3 Å². The fourth-order valence-electron chi connectivity index (χ4n) is 2.12. The van der Waals surface area contributed by atoms with Crippen LogP contribution in [-0.2, 0) is 23.9 Å². The van der Waals surface area contributed by atoms with E-state index in [-0.39, 0.29) is 19.6 Å². The molecule has 2 amide bonds. The summed E-state index contributed by atoms with van der Waals surface area (Å²) in [5.41, 5.74) is 0. The molecule has 0 aromatic heterocycles. The van der Waals surface area contributed by atoms with Crippen LogP contribution in [0.15, 0.2) is 0 Å². The van der Waals surface area contributed by atoms with Crippen molar-refractivity contribution in [2.24, 2.45) is 0 Å². The van der Waals surface area contributed by atoms with Crippen molar-refractivity contribution in [1.82, 2.24) is 10.2 Å². The smallest absolute Gasteiger partial charge is 0.328 e. The third kappa shape index (κ3) is 4.42. The van der Waals surface area contributed by atoms with Crippen molar-refractivity contribution in [2.45, 2.75) is 31.3 Å². The number of hydrogen-bond donors (Lipinski definition) is 3. The first-order chi connectivity index (χ1) is 9.88. The first-order valence-electron chi connectivity index (χ1n) is 6.44. The van der Waals surface area contributed by atoms with Crippen molar-refractivity contribution < 1.29 is 34.1 Å². The lowest BCUT2D eigenvalue weighted by Crippen LogP contribution is -2.55. The van der Waals surface area contributed by atoms with Gasteiger partial charge in [-0.1, -0.05) is 0 Å². The van der Waals surface area contributed by atoms with Crippen LogP contribution in [0.5, 0.6) is 0 Å². The van der Waals surface area contributed by atoms with E-state index in [1.165, 1.54) is 7.11 Å². The maximum atomic E-state index is 12.0. The van der Waals surface area contributed by atoms with Crippen LogP contribution in [0.4, 0.5) is 0 Å². The van der Waals surface area contributed by atoms with E-state index in [1.807, 2.05) is 5.32 Å². The number of carbonyl (C=O) groups excluding carboxylic acids is 2. The van der Waals surface area contributed by atoms with Crippen molar-refractivity contribution in [2.75, 3.05) is 20.3 Å². The second kappa shape index (κ2) is 7.58. The monoisotopic (exact) mass is 302 g/mol. The molecule has 1 rings (SSSR count). The van der Waals surface area contributed by atoms with Crippen LogP contribution < -0.4 is 5.32 Å². The van der Waals surface area contributed by atoms with Crippen molar-refractivity contribution in [1.29, 1.82) is 0 Å². The van der Waals surface area contributed by atoms with Crippen LogP contribution in [0.3, 0.4) is 0 Å². The Balaban J connectivity index is 2.73. The number of ether oxygens (including phenoxy) is 1. The molecule has 1 unspecified atom stereocenters. The van der Waals surface area contributed by atoms with Crippen LogP contribution in [0.25, 0.3) is 0 Å². The van der Waals surface area contributed by atoms with E-state index < -0.39 is 35.8 Å². The summed E-state index contributed by atoms with van der Waals surface area (Å²) in [5.74, 6) is -4.70. The molecule has 9 nitrogen and oxygen atoms in total. The van der Waals surface area contributed by atoms with Gasteiger partial charge in [0.2, 0.25) is 0 Å². The molecule has 0 aromatic carbocycles. The topological polar surface area (TPSA) is 133 Å². The predicted molar refractivity (Wildman–Crippen MR) is 68.4 cm³/mol. The van der Waals surface area contributed by atoms with E-state index in [1.54, 1.807) is 0 Å². The minimum absolute atomic E-state index is 0.158. The quantitative estimate of drug-likeness (QED) is 0.536. The fraction of sp³-hybridized carbons (Fsp3) is 0.667. The largest absolute Gasteiger partial charge is 0.480 e. The van der Waals surface area contributed by atoms with E-state index in [0.29, 0.717) is 12.8 Å². The zero-order valence-electron chi connectivity index (χ0n) is 11.6. The summed E-state index contributed by atoms with van der Waals surface area (Å²) in [6, 6.07) is -2.41. The highest BCUT2D eigenvalue weighted by Crippen LogP contribution is 2.17. The van der Waals surface area contributed by atoms with E-state index in [4.69, 9.17) is 10.2 Å². The Labute approximate surface area is 120 Å². The highest BCUT2D eigenvalue weighted by molar-refractivity contribution is 6.35. The Morgan fingerprint density at radius 3 is 2.48 bits per heavy atom. The third-order valence-electron chi connectivity index (χ3n) is 3.18. The molecule has 0 aliphatic carbocycles. The minimum Gasteiger partial charge on any atom is -0.480 e. The zero-order valence-corrected chi connectivity index (χ0v) is 11.6. The lowest BCUT2D eigenvalue weighted by atomic mass is 10.0. The third-order valence-corrected chi connectivity index (χ3v) is 3.18. The zero-order chi connectivity index (χ0) is 16.0. The molecule has 21 heavy (non-hydrogen) atoms. The fourth-order valence-corrected chi connectivity index (χ4v) is 2.12. The van der Waals surface area contributed by atoms with Gasteiger partial charge >= 0.3 is 23.8 Å². The van der Waals surface area contributed by atoms with Gasteiger partial charge in [-0.25, -0.2) is 9.59 Å². The molecule has 0 bridgehead atoms. The number of nitrogens with zero attached hydrogens (tertiary/aromatic N) is 1. The molecule has 1 fully saturated rings. The molecule has 0 saturated carbocycles. The summed E-state index contributed by atoms with van der Waals surface area (Å²) >= 11 is 0. The van der Waals surface area contributed by atoms with E-state index in [2.05, 4.69) is 4.74 Å². The Kier molecular flexibility index (Phi) is 6.10. The minimum atomic E-state index is -1.36. The summed E-state index contributed by atoms with van der Waals surface area (Å²) in [4.78, 5) is 46.7. The number of amides is 2. The van der Waals surface area contributed by atoms with Crippen molar-refractivity contribution in [3.8, 4) is 0 Å². The predicted octanol–water partition coefficient (Wildman–Crippen LogP) is -1.33. The van der Waals surface area contributed by atoms with Crippen molar-refractivity contribution in [3.05, 3.63) is 0 Å². The normalized spacial score (nSPS) is 19.7. The number of nitrogens with one attached hydrogen (secondary N) is 1. The van der Waals surface area contributed by atoms with Gasteiger partial charge in [-0.2, -0.15) is 0 Å². The van der Waals surface area contributed by atoms with Gasteiger partial charge in [-0.3, -0.25) is 9.59 Å². The molecule has 2 atom stereocenters. The van der Waals surface area contributed by atoms with Crippen LogP contribution in [0.2, 0.25) is 0 Å². The molecule has 0 aromatic rings. The second-order valence-corrected chi connectivity index (χ2v) is 4.67. The molecule has 3 N–H and O–H groups in total. The standard InChI is InChI=1S/C12H18N2O7/c1-21-6-7(11(17)18)13-9(15)10(16)14-5-3-2-4-8(14)12(19)20/h7-8H,2-6H2,1H3,(H,13,15)(H,17,18)(H,19,20)/t7?,8-/m0/s1. The number of rotatable bonds is 5. The SMILES string of the molecule is COCC(NC(=O)C(=O)N1CCCC[C@H]1C(=O)O)C(=O)O. The lowest BCUT2D eigenvalue weighted by Gasteiger charge is -2.32. The lowest BCUT2D eigenvalue weighted by molar-refractivity contribution is -0.157.